The van der Waals surface area contributed by atoms with Crippen molar-refractivity contribution in [2.24, 2.45) is 11.8 Å². The molecule has 1 fully saturated rings. The van der Waals surface area contributed by atoms with Crippen LogP contribution in [0.2, 0.25) is 0 Å². The number of aliphatic carboxylic acids is 1. The lowest BCUT2D eigenvalue weighted by molar-refractivity contribution is -0.192. The molecule has 2 aromatic rings. The van der Waals surface area contributed by atoms with Crippen LogP contribution in [0.15, 0.2) is 30.9 Å². The number of carboxylic acids is 1. The first-order valence-corrected chi connectivity index (χ1v) is 10.7. The first kappa shape index (κ1) is 24.7. The summed E-state index contributed by atoms with van der Waals surface area (Å²) in [4.78, 5) is 32.3. The number of fused-ring (bicyclic) bond motifs is 1. The summed E-state index contributed by atoms with van der Waals surface area (Å²) in [5.74, 6) is -1.72. The third-order valence-electron chi connectivity index (χ3n) is 5.70. The minimum absolute atomic E-state index is 0.0242. The predicted molar refractivity (Wildman–Crippen MR) is 111 cm³/mol. The predicted octanol–water partition coefficient (Wildman–Crippen LogP) is 3.31. The van der Waals surface area contributed by atoms with Gasteiger partial charge in [0.05, 0.1) is 30.7 Å². The van der Waals surface area contributed by atoms with Crippen LogP contribution in [0.4, 0.5) is 13.2 Å². The van der Waals surface area contributed by atoms with Crippen LogP contribution in [0.3, 0.4) is 0 Å². The van der Waals surface area contributed by atoms with Crippen molar-refractivity contribution in [1.82, 2.24) is 19.4 Å². The molecule has 8 nitrogen and oxygen atoms in total. The van der Waals surface area contributed by atoms with Crippen molar-refractivity contribution in [1.29, 1.82) is 0 Å². The van der Waals surface area contributed by atoms with Gasteiger partial charge in [-0.2, -0.15) is 13.2 Å². The van der Waals surface area contributed by atoms with Crippen molar-refractivity contribution in [2.75, 3.05) is 19.8 Å². The van der Waals surface area contributed by atoms with E-state index in [1.54, 1.807) is 6.20 Å². The van der Waals surface area contributed by atoms with Gasteiger partial charge >= 0.3 is 12.1 Å². The van der Waals surface area contributed by atoms with Gasteiger partial charge in [0.1, 0.15) is 0 Å². The van der Waals surface area contributed by atoms with E-state index >= 15 is 0 Å². The monoisotopic (exact) mass is 468 g/mol. The summed E-state index contributed by atoms with van der Waals surface area (Å²) in [6.45, 7) is 5.57. The van der Waals surface area contributed by atoms with E-state index < -0.39 is 12.1 Å². The van der Waals surface area contributed by atoms with E-state index in [4.69, 9.17) is 14.6 Å². The zero-order valence-electron chi connectivity index (χ0n) is 18.3. The number of carboxylic acid groups (broad SMARTS) is 1. The molecule has 0 saturated heterocycles. The first-order chi connectivity index (χ1) is 15.6. The molecular formula is C22H27F3N4O4. The molecule has 1 N–H and O–H groups in total. The molecule has 2 aromatic heterocycles. The summed E-state index contributed by atoms with van der Waals surface area (Å²) < 4.78 is 39.9. The lowest BCUT2D eigenvalue weighted by Crippen LogP contribution is -2.35. The van der Waals surface area contributed by atoms with E-state index in [2.05, 4.69) is 14.5 Å². The molecule has 1 saturated carbocycles. The molecule has 0 bridgehead atoms. The molecule has 180 valence electrons. The number of ether oxygens (including phenoxy) is 1. The van der Waals surface area contributed by atoms with Crippen LogP contribution in [0.5, 0.6) is 0 Å². The Labute approximate surface area is 189 Å². The molecule has 1 amide bonds. The number of carbonyl (C=O) groups is 2. The molecule has 3 heterocycles. The highest BCUT2D eigenvalue weighted by Crippen LogP contribution is 2.27. The van der Waals surface area contributed by atoms with Gasteiger partial charge in [-0.1, -0.05) is 6.42 Å². The number of hydrogen-bond donors (Lipinski definition) is 1. The number of nitrogens with zero attached hydrogens (tertiary/aromatic N) is 4. The lowest BCUT2D eigenvalue weighted by Gasteiger charge is -2.27. The standard InChI is InChI=1S/C20H26N4O2.C2HF3O2/c1-15-5-6-18(7-22-15)20(25)23-9-17(13-26-12-16-3-2-4-16)10-24-14-21-8-19(24)11-23;3-2(4,5)1(6)7/h5-8,14,16-17H,2-4,9-13H2,1H3;(H,6,7). The number of halogens is 3. The number of rotatable bonds is 5. The van der Waals surface area contributed by atoms with E-state index in [-0.39, 0.29) is 11.8 Å². The Kier molecular flexibility index (Phi) is 8.06. The van der Waals surface area contributed by atoms with Crippen LogP contribution in [-0.2, 0) is 22.6 Å². The highest BCUT2D eigenvalue weighted by atomic mass is 19.4. The molecule has 1 atom stereocenters. The number of carbonyl (C=O) groups excluding carboxylic acids is 1. The van der Waals surface area contributed by atoms with Crippen LogP contribution < -0.4 is 0 Å². The van der Waals surface area contributed by atoms with Crippen molar-refractivity contribution >= 4 is 11.9 Å². The van der Waals surface area contributed by atoms with Crippen molar-refractivity contribution in [3.05, 3.63) is 47.8 Å². The largest absolute Gasteiger partial charge is 0.490 e. The second-order valence-electron chi connectivity index (χ2n) is 8.41. The number of aryl methyl sites for hydroxylation is 1. The average Bonchev–Trinajstić information content (AvgIpc) is 3.07. The van der Waals surface area contributed by atoms with Gasteiger partial charge in [0.15, 0.2) is 0 Å². The van der Waals surface area contributed by atoms with E-state index in [0.29, 0.717) is 25.3 Å². The van der Waals surface area contributed by atoms with Crippen molar-refractivity contribution < 1.29 is 32.6 Å². The fraction of sp³-hybridized carbons (Fsp3) is 0.545. The Bertz CT molecular complexity index is 942. The third kappa shape index (κ3) is 7.01. The summed E-state index contributed by atoms with van der Waals surface area (Å²) in [5, 5.41) is 7.12. The Hall–Kier alpha value is -2.95. The number of hydrogen-bond acceptors (Lipinski definition) is 5. The maximum atomic E-state index is 13.0. The maximum absolute atomic E-state index is 13.0. The van der Waals surface area contributed by atoms with E-state index in [1.165, 1.54) is 19.3 Å². The van der Waals surface area contributed by atoms with E-state index in [9.17, 15) is 18.0 Å². The summed E-state index contributed by atoms with van der Waals surface area (Å²) in [5.41, 5.74) is 2.62. The molecule has 0 aromatic carbocycles. The molecule has 33 heavy (non-hydrogen) atoms. The van der Waals surface area contributed by atoms with Gasteiger partial charge in [-0.05, 0) is 37.8 Å². The highest BCUT2D eigenvalue weighted by molar-refractivity contribution is 5.93. The molecule has 4 rings (SSSR count). The van der Waals surface area contributed by atoms with Gasteiger partial charge < -0.3 is 19.3 Å². The van der Waals surface area contributed by atoms with Crippen LogP contribution in [0.1, 0.15) is 41.0 Å². The van der Waals surface area contributed by atoms with E-state index in [0.717, 1.165) is 30.5 Å². The number of aromatic nitrogens is 3. The second kappa shape index (κ2) is 10.8. The van der Waals surface area contributed by atoms with Crippen LogP contribution >= 0.6 is 0 Å². The van der Waals surface area contributed by atoms with Crippen LogP contribution in [0, 0.1) is 18.8 Å². The Morgan fingerprint density at radius 3 is 2.42 bits per heavy atom. The molecule has 1 aliphatic carbocycles. The quantitative estimate of drug-likeness (QED) is 0.723. The molecule has 0 spiro atoms. The summed E-state index contributed by atoms with van der Waals surface area (Å²) >= 11 is 0. The molecule has 2 aliphatic rings. The average molecular weight is 468 g/mol. The minimum Gasteiger partial charge on any atom is -0.475 e. The van der Waals surface area contributed by atoms with Gasteiger partial charge in [0.2, 0.25) is 0 Å². The van der Waals surface area contributed by atoms with Crippen LogP contribution in [0.25, 0.3) is 0 Å². The fourth-order valence-corrected chi connectivity index (χ4v) is 3.65. The molecule has 1 aliphatic heterocycles. The SMILES string of the molecule is Cc1ccc(C(=O)N2Cc3cncn3CC(COCC3CCC3)C2)cn1.O=C(O)C(F)(F)F. The number of amides is 1. The van der Waals surface area contributed by atoms with Gasteiger partial charge in [0, 0.05) is 43.7 Å². The minimum atomic E-state index is -5.08. The van der Waals surface area contributed by atoms with Gasteiger partial charge in [-0.15, -0.1) is 0 Å². The summed E-state index contributed by atoms with van der Waals surface area (Å²) in [6, 6.07) is 3.74. The highest BCUT2D eigenvalue weighted by Gasteiger charge is 2.38. The van der Waals surface area contributed by atoms with E-state index in [1.807, 2.05) is 36.5 Å². The molecular weight excluding hydrogens is 441 g/mol. The first-order valence-electron chi connectivity index (χ1n) is 10.7. The Morgan fingerprint density at radius 1 is 1.15 bits per heavy atom. The molecule has 11 heteroatoms. The molecule has 1 unspecified atom stereocenters. The van der Waals surface area contributed by atoms with Crippen molar-refractivity contribution in [3.8, 4) is 0 Å². The van der Waals surface area contributed by atoms with Crippen molar-refractivity contribution in [2.45, 2.75) is 45.5 Å². The number of imidazole rings is 1. The van der Waals surface area contributed by atoms with Crippen LogP contribution in [-0.4, -0.2) is 62.4 Å². The smallest absolute Gasteiger partial charge is 0.475 e. The van der Waals surface area contributed by atoms with Gasteiger partial charge in [-0.25, -0.2) is 9.78 Å². The summed E-state index contributed by atoms with van der Waals surface area (Å²) in [7, 11) is 0. The fourth-order valence-electron chi connectivity index (χ4n) is 3.65. The zero-order chi connectivity index (χ0) is 24.0. The summed E-state index contributed by atoms with van der Waals surface area (Å²) in [6.07, 6.45) is 4.22. The topological polar surface area (TPSA) is 97.5 Å². The number of pyridine rings is 1. The molecule has 0 radical (unpaired) electrons. The number of alkyl halides is 3. The van der Waals surface area contributed by atoms with Crippen molar-refractivity contribution in [3.63, 3.8) is 0 Å². The van der Waals surface area contributed by atoms with Gasteiger partial charge in [-0.3, -0.25) is 9.78 Å². The zero-order valence-corrected chi connectivity index (χ0v) is 18.3. The van der Waals surface area contributed by atoms with Gasteiger partial charge in [0.25, 0.3) is 5.91 Å². The maximum Gasteiger partial charge on any atom is 0.490 e. The Morgan fingerprint density at radius 2 is 1.85 bits per heavy atom. The Balaban J connectivity index is 0.000000383. The third-order valence-corrected chi connectivity index (χ3v) is 5.70. The normalized spacial score (nSPS) is 18.4. The lowest BCUT2D eigenvalue weighted by atomic mass is 9.86. The second-order valence-corrected chi connectivity index (χ2v) is 8.41.